The number of carbonyl (C=O) groups is 1. The number of H-pyrrole nitrogens is 1. The Labute approximate surface area is 136 Å². The van der Waals surface area contributed by atoms with Crippen LogP contribution >= 0.6 is 15.9 Å². The Morgan fingerprint density at radius 2 is 2.05 bits per heavy atom. The van der Waals surface area contributed by atoms with Crippen molar-refractivity contribution in [1.82, 2.24) is 10.3 Å². The topological polar surface area (TPSA) is 65.1 Å². The summed E-state index contributed by atoms with van der Waals surface area (Å²) in [7, 11) is 0. The van der Waals surface area contributed by atoms with Crippen LogP contribution in [0.3, 0.4) is 0 Å². The van der Waals surface area contributed by atoms with Crippen LogP contribution in [0.2, 0.25) is 0 Å². The SMILES string of the molecule is O=C(NCCc1c[nH]c2ccc(Br)cc12)c1ccccc1O. The molecule has 1 aromatic heterocycles. The van der Waals surface area contributed by atoms with E-state index in [-0.39, 0.29) is 11.7 Å². The van der Waals surface area contributed by atoms with Crippen molar-refractivity contribution >= 4 is 32.7 Å². The number of hydrogen-bond acceptors (Lipinski definition) is 2. The number of hydrogen-bond donors (Lipinski definition) is 3. The van der Waals surface area contributed by atoms with Crippen LogP contribution in [0.15, 0.2) is 53.1 Å². The Hall–Kier alpha value is -2.27. The van der Waals surface area contributed by atoms with Crippen molar-refractivity contribution in [2.75, 3.05) is 6.54 Å². The number of para-hydroxylation sites is 1. The van der Waals surface area contributed by atoms with E-state index in [0.29, 0.717) is 12.1 Å². The van der Waals surface area contributed by atoms with E-state index in [1.165, 1.54) is 6.07 Å². The standard InChI is InChI=1S/C17H15BrN2O2/c18-12-5-6-15-14(9-12)11(10-20-15)7-8-19-17(22)13-3-1-2-4-16(13)21/h1-6,9-10,20-21H,7-8H2,(H,19,22). The summed E-state index contributed by atoms with van der Waals surface area (Å²) in [6.45, 7) is 0.507. The van der Waals surface area contributed by atoms with E-state index in [9.17, 15) is 9.90 Å². The Bertz CT molecular complexity index is 826. The van der Waals surface area contributed by atoms with Crippen molar-refractivity contribution in [3.8, 4) is 5.75 Å². The lowest BCUT2D eigenvalue weighted by atomic mass is 10.1. The lowest BCUT2D eigenvalue weighted by Gasteiger charge is -2.06. The van der Waals surface area contributed by atoms with Crippen LogP contribution in [0, 0.1) is 0 Å². The average molecular weight is 359 g/mol. The van der Waals surface area contributed by atoms with Crippen LogP contribution in [-0.2, 0) is 6.42 Å². The van der Waals surface area contributed by atoms with Gasteiger partial charge in [0.05, 0.1) is 5.56 Å². The maximum absolute atomic E-state index is 12.0. The maximum Gasteiger partial charge on any atom is 0.255 e. The fourth-order valence-electron chi connectivity index (χ4n) is 2.43. The third kappa shape index (κ3) is 2.99. The number of phenols is 1. The van der Waals surface area contributed by atoms with E-state index in [1.807, 2.05) is 18.3 Å². The fraction of sp³-hybridized carbons (Fsp3) is 0.118. The highest BCUT2D eigenvalue weighted by atomic mass is 79.9. The highest BCUT2D eigenvalue weighted by Crippen LogP contribution is 2.23. The van der Waals surface area contributed by atoms with Gasteiger partial charge >= 0.3 is 0 Å². The lowest BCUT2D eigenvalue weighted by Crippen LogP contribution is -2.25. The first kappa shape index (κ1) is 14.7. The van der Waals surface area contributed by atoms with Gasteiger partial charge in [-0.1, -0.05) is 28.1 Å². The summed E-state index contributed by atoms with van der Waals surface area (Å²) in [5, 5.41) is 13.6. The molecular weight excluding hydrogens is 344 g/mol. The Kier molecular flexibility index (Phi) is 4.15. The summed E-state index contributed by atoms with van der Waals surface area (Å²) in [5.41, 5.74) is 2.52. The Balaban J connectivity index is 1.66. The van der Waals surface area contributed by atoms with Crippen molar-refractivity contribution in [1.29, 1.82) is 0 Å². The molecule has 0 radical (unpaired) electrons. The molecule has 0 aliphatic carbocycles. The lowest BCUT2D eigenvalue weighted by molar-refractivity contribution is 0.0951. The van der Waals surface area contributed by atoms with Gasteiger partial charge in [0.25, 0.3) is 5.91 Å². The highest BCUT2D eigenvalue weighted by Gasteiger charge is 2.10. The number of fused-ring (bicyclic) bond motifs is 1. The molecule has 0 saturated carbocycles. The molecule has 4 nitrogen and oxygen atoms in total. The molecule has 3 rings (SSSR count). The van der Waals surface area contributed by atoms with E-state index in [1.54, 1.807) is 18.2 Å². The summed E-state index contributed by atoms with van der Waals surface area (Å²) in [6.07, 6.45) is 2.68. The minimum absolute atomic E-state index is 0.00368. The summed E-state index contributed by atoms with van der Waals surface area (Å²) < 4.78 is 1.03. The number of aromatic hydroxyl groups is 1. The molecule has 0 atom stereocenters. The third-order valence-electron chi connectivity index (χ3n) is 3.56. The largest absolute Gasteiger partial charge is 0.507 e. The molecule has 0 aliphatic heterocycles. The number of rotatable bonds is 4. The first-order valence-electron chi connectivity index (χ1n) is 6.97. The van der Waals surface area contributed by atoms with Crippen LogP contribution in [0.25, 0.3) is 10.9 Å². The molecular formula is C17H15BrN2O2. The second-order valence-corrected chi connectivity index (χ2v) is 5.94. The molecule has 3 N–H and O–H groups in total. The van der Waals surface area contributed by atoms with Crippen molar-refractivity contribution in [3.05, 3.63) is 64.3 Å². The zero-order valence-electron chi connectivity index (χ0n) is 11.8. The molecule has 22 heavy (non-hydrogen) atoms. The van der Waals surface area contributed by atoms with Crippen LogP contribution in [-0.4, -0.2) is 22.5 Å². The van der Waals surface area contributed by atoms with E-state index < -0.39 is 0 Å². The zero-order chi connectivity index (χ0) is 15.5. The number of halogens is 1. The van der Waals surface area contributed by atoms with Crippen molar-refractivity contribution in [2.24, 2.45) is 0 Å². The van der Waals surface area contributed by atoms with Gasteiger partial charge in [0.2, 0.25) is 0 Å². The summed E-state index contributed by atoms with van der Waals surface area (Å²) in [6, 6.07) is 12.6. The fourth-order valence-corrected chi connectivity index (χ4v) is 2.79. The van der Waals surface area contributed by atoms with Crippen molar-refractivity contribution < 1.29 is 9.90 Å². The number of phenolic OH excluding ortho intramolecular Hbond substituents is 1. The molecule has 1 amide bonds. The Morgan fingerprint density at radius 1 is 1.23 bits per heavy atom. The number of aromatic amines is 1. The number of nitrogens with one attached hydrogen (secondary N) is 2. The van der Waals surface area contributed by atoms with Crippen LogP contribution in [0.1, 0.15) is 15.9 Å². The molecule has 0 aliphatic rings. The molecule has 112 valence electrons. The molecule has 2 aromatic carbocycles. The predicted octanol–water partition coefficient (Wildman–Crippen LogP) is 3.61. The molecule has 1 heterocycles. The number of benzene rings is 2. The second-order valence-electron chi connectivity index (χ2n) is 5.03. The second kappa shape index (κ2) is 6.23. The van der Waals surface area contributed by atoms with Crippen LogP contribution < -0.4 is 5.32 Å². The van der Waals surface area contributed by atoms with Crippen LogP contribution in [0.4, 0.5) is 0 Å². The Morgan fingerprint density at radius 3 is 2.86 bits per heavy atom. The molecule has 0 saturated heterocycles. The first-order valence-corrected chi connectivity index (χ1v) is 7.76. The zero-order valence-corrected chi connectivity index (χ0v) is 13.4. The highest BCUT2D eigenvalue weighted by molar-refractivity contribution is 9.10. The molecule has 0 bridgehead atoms. The van der Waals surface area contributed by atoms with E-state index in [4.69, 9.17) is 0 Å². The summed E-state index contributed by atoms with van der Waals surface area (Å²) >= 11 is 3.47. The van der Waals surface area contributed by atoms with Gasteiger partial charge in [-0.3, -0.25) is 4.79 Å². The van der Waals surface area contributed by atoms with E-state index in [0.717, 1.165) is 27.4 Å². The summed E-state index contributed by atoms with van der Waals surface area (Å²) in [5.74, 6) is -0.268. The predicted molar refractivity (Wildman–Crippen MR) is 90.1 cm³/mol. The normalized spacial score (nSPS) is 10.8. The van der Waals surface area contributed by atoms with Crippen molar-refractivity contribution in [3.63, 3.8) is 0 Å². The third-order valence-corrected chi connectivity index (χ3v) is 4.05. The van der Waals surface area contributed by atoms with Crippen LogP contribution in [0.5, 0.6) is 5.75 Å². The molecule has 5 heteroatoms. The number of aromatic nitrogens is 1. The molecule has 0 spiro atoms. The monoisotopic (exact) mass is 358 g/mol. The van der Waals surface area contributed by atoms with E-state index in [2.05, 4.69) is 32.3 Å². The van der Waals surface area contributed by atoms with Gasteiger partial charge < -0.3 is 15.4 Å². The molecule has 0 fully saturated rings. The van der Waals surface area contributed by atoms with Gasteiger partial charge in [0, 0.05) is 28.1 Å². The van der Waals surface area contributed by atoms with E-state index >= 15 is 0 Å². The quantitative estimate of drug-likeness (QED) is 0.666. The minimum Gasteiger partial charge on any atom is -0.507 e. The number of amides is 1. The minimum atomic E-state index is -0.265. The van der Waals surface area contributed by atoms with Gasteiger partial charge in [-0.05, 0) is 42.3 Å². The smallest absolute Gasteiger partial charge is 0.255 e. The van der Waals surface area contributed by atoms with Crippen molar-refractivity contribution in [2.45, 2.75) is 6.42 Å². The maximum atomic E-state index is 12.0. The van der Waals surface area contributed by atoms with Gasteiger partial charge in [-0.2, -0.15) is 0 Å². The molecule has 0 unspecified atom stereocenters. The van der Waals surface area contributed by atoms with Gasteiger partial charge in [0.1, 0.15) is 5.75 Å². The van der Waals surface area contributed by atoms with Gasteiger partial charge in [-0.25, -0.2) is 0 Å². The summed E-state index contributed by atoms with van der Waals surface area (Å²) in [4.78, 5) is 15.2. The van der Waals surface area contributed by atoms with Gasteiger partial charge in [-0.15, -0.1) is 0 Å². The average Bonchev–Trinajstić information content (AvgIpc) is 2.90. The molecule has 3 aromatic rings. The number of carbonyl (C=O) groups excluding carboxylic acids is 1. The first-order chi connectivity index (χ1) is 10.6. The van der Waals surface area contributed by atoms with Gasteiger partial charge in [0.15, 0.2) is 0 Å².